The minimum Gasteiger partial charge on any atom is -0.463 e. The summed E-state index contributed by atoms with van der Waals surface area (Å²) in [6.45, 7) is 1.61. The molecule has 0 atom stereocenters. The number of aryl methyl sites for hydroxylation is 1. The molecule has 0 unspecified atom stereocenters. The second-order valence-electron chi connectivity index (χ2n) is 5.26. The van der Waals surface area contributed by atoms with Gasteiger partial charge in [-0.1, -0.05) is 0 Å². The third-order valence-corrected chi connectivity index (χ3v) is 4.90. The maximum absolute atomic E-state index is 13.3. The summed E-state index contributed by atoms with van der Waals surface area (Å²) in [4.78, 5) is 4.22. The van der Waals surface area contributed by atoms with Crippen molar-refractivity contribution in [3.8, 4) is 11.5 Å². The van der Waals surface area contributed by atoms with Crippen LogP contribution in [0.2, 0.25) is 0 Å². The van der Waals surface area contributed by atoms with Crippen LogP contribution in [0, 0.1) is 12.7 Å². The van der Waals surface area contributed by atoms with Crippen LogP contribution in [0.1, 0.15) is 11.1 Å². The quantitative estimate of drug-likeness (QED) is 0.770. The number of rotatable bonds is 5. The number of benzene rings is 1. The SMILES string of the molecule is Cc1cc(S(=O)(=O)NCc2ccnc(-c3ccco3)c2)ccc1F. The van der Waals surface area contributed by atoms with Gasteiger partial charge in [-0.25, -0.2) is 17.5 Å². The number of sulfonamides is 1. The van der Waals surface area contributed by atoms with Crippen molar-refractivity contribution in [2.75, 3.05) is 0 Å². The average molecular weight is 346 g/mol. The Balaban J connectivity index is 1.77. The van der Waals surface area contributed by atoms with E-state index in [9.17, 15) is 12.8 Å². The Labute approximate surface area is 139 Å². The van der Waals surface area contributed by atoms with E-state index in [4.69, 9.17) is 4.42 Å². The topological polar surface area (TPSA) is 72.2 Å². The highest BCUT2D eigenvalue weighted by Crippen LogP contribution is 2.19. The van der Waals surface area contributed by atoms with Gasteiger partial charge in [0.2, 0.25) is 10.0 Å². The van der Waals surface area contributed by atoms with E-state index >= 15 is 0 Å². The second kappa shape index (κ2) is 6.54. The number of furan rings is 1. The van der Waals surface area contributed by atoms with Crippen molar-refractivity contribution >= 4 is 10.0 Å². The summed E-state index contributed by atoms with van der Waals surface area (Å²) < 4.78 is 45.7. The fourth-order valence-corrected chi connectivity index (χ4v) is 3.29. The van der Waals surface area contributed by atoms with E-state index < -0.39 is 15.8 Å². The van der Waals surface area contributed by atoms with Gasteiger partial charge in [0, 0.05) is 12.7 Å². The molecule has 3 aromatic rings. The van der Waals surface area contributed by atoms with Crippen molar-refractivity contribution in [3.05, 3.63) is 71.9 Å². The lowest BCUT2D eigenvalue weighted by atomic mass is 10.2. The van der Waals surface area contributed by atoms with Gasteiger partial charge in [-0.05, 0) is 60.5 Å². The summed E-state index contributed by atoms with van der Waals surface area (Å²) in [6, 6.07) is 10.7. The van der Waals surface area contributed by atoms with Gasteiger partial charge < -0.3 is 4.42 Å². The molecular formula is C17H15FN2O3S. The molecule has 0 aliphatic carbocycles. The van der Waals surface area contributed by atoms with E-state index in [1.165, 1.54) is 19.1 Å². The van der Waals surface area contributed by atoms with E-state index in [1.807, 2.05) is 0 Å². The number of hydrogen-bond acceptors (Lipinski definition) is 4. The molecule has 0 radical (unpaired) electrons. The minimum absolute atomic E-state index is 0.0294. The molecule has 0 aliphatic heterocycles. The van der Waals surface area contributed by atoms with Crippen molar-refractivity contribution < 1.29 is 17.2 Å². The van der Waals surface area contributed by atoms with Gasteiger partial charge in [0.15, 0.2) is 5.76 Å². The fourth-order valence-electron chi connectivity index (χ4n) is 2.19. The highest BCUT2D eigenvalue weighted by molar-refractivity contribution is 7.89. The molecule has 5 nitrogen and oxygen atoms in total. The lowest BCUT2D eigenvalue weighted by Crippen LogP contribution is -2.23. The normalized spacial score (nSPS) is 11.6. The summed E-state index contributed by atoms with van der Waals surface area (Å²) >= 11 is 0. The largest absolute Gasteiger partial charge is 0.463 e. The summed E-state index contributed by atoms with van der Waals surface area (Å²) in [5.74, 6) is 0.167. The van der Waals surface area contributed by atoms with Crippen molar-refractivity contribution in [2.45, 2.75) is 18.4 Å². The first-order valence-electron chi connectivity index (χ1n) is 7.20. The van der Waals surface area contributed by atoms with E-state index in [2.05, 4.69) is 9.71 Å². The number of hydrogen-bond donors (Lipinski definition) is 1. The van der Waals surface area contributed by atoms with Crippen LogP contribution in [0.4, 0.5) is 4.39 Å². The molecule has 0 fully saturated rings. The number of nitrogens with one attached hydrogen (secondary N) is 1. The maximum atomic E-state index is 13.3. The van der Waals surface area contributed by atoms with Gasteiger partial charge in [-0.15, -0.1) is 0 Å². The number of nitrogens with zero attached hydrogens (tertiary/aromatic N) is 1. The molecule has 3 rings (SSSR count). The van der Waals surface area contributed by atoms with Gasteiger partial charge >= 0.3 is 0 Å². The van der Waals surface area contributed by atoms with Crippen LogP contribution < -0.4 is 4.72 Å². The lowest BCUT2D eigenvalue weighted by Gasteiger charge is -2.08. The summed E-state index contributed by atoms with van der Waals surface area (Å²) in [7, 11) is -3.72. The van der Waals surface area contributed by atoms with Crippen LogP contribution in [0.3, 0.4) is 0 Å². The Bertz CT molecular complexity index is 954. The maximum Gasteiger partial charge on any atom is 0.240 e. The average Bonchev–Trinajstić information content (AvgIpc) is 3.10. The molecule has 0 aliphatic rings. The Morgan fingerprint density at radius 3 is 2.75 bits per heavy atom. The molecule has 0 bridgehead atoms. The minimum atomic E-state index is -3.72. The smallest absolute Gasteiger partial charge is 0.240 e. The number of aromatic nitrogens is 1. The highest BCUT2D eigenvalue weighted by Gasteiger charge is 2.15. The van der Waals surface area contributed by atoms with Crippen molar-refractivity contribution in [1.29, 1.82) is 0 Å². The van der Waals surface area contributed by atoms with Gasteiger partial charge in [0.1, 0.15) is 11.5 Å². The lowest BCUT2D eigenvalue weighted by molar-refractivity contribution is 0.579. The molecule has 7 heteroatoms. The highest BCUT2D eigenvalue weighted by atomic mass is 32.2. The summed E-state index contributed by atoms with van der Waals surface area (Å²) in [5.41, 5.74) is 1.63. The van der Waals surface area contributed by atoms with E-state index in [1.54, 1.807) is 36.7 Å². The first-order valence-corrected chi connectivity index (χ1v) is 8.69. The van der Waals surface area contributed by atoms with Crippen LogP contribution in [0.5, 0.6) is 0 Å². The van der Waals surface area contributed by atoms with Crippen LogP contribution in [-0.4, -0.2) is 13.4 Å². The number of pyridine rings is 1. The van der Waals surface area contributed by atoms with E-state index in [0.29, 0.717) is 11.5 Å². The predicted molar refractivity (Wildman–Crippen MR) is 87.1 cm³/mol. The van der Waals surface area contributed by atoms with Crippen molar-refractivity contribution in [2.24, 2.45) is 0 Å². The van der Waals surface area contributed by atoms with Crippen molar-refractivity contribution in [1.82, 2.24) is 9.71 Å². The monoisotopic (exact) mass is 346 g/mol. The Morgan fingerprint density at radius 1 is 1.21 bits per heavy atom. The van der Waals surface area contributed by atoms with Crippen LogP contribution in [0.15, 0.2) is 64.2 Å². The third kappa shape index (κ3) is 3.52. The molecule has 24 heavy (non-hydrogen) atoms. The standard InChI is InChI=1S/C17H15FN2O3S/c1-12-9-14(4-5-15(12)18)24(21,22)20-11-13-6-7-19-16(10-13)17-3-2-8-23-17/h2-10,20H,11H2,1H3. The Hall–Kier alpha value is -2.51. The molecule has 2 heterocycles. The third-order valence-electron chi connectivity index (χ3n) is 3.50. The molecule has 1 N–H and O–H groups in total. The van der Waals surface area contributed by atoms with E-state index in [0.717, 1.165) is 11.6 Å². The second-order valence-corrected chi connectivity index (χ2v) is 7.03. The fraction of sp³-hybridized carbons (Fsp3) is 0.118. The van der Waals surface area contributed by atoms with Crippen LogP contribution >= 0.6 is 0 Å². The molecule has 0 amide bonds. The van der Waals surface area contributed by atoms with Crippen LogP contribution in [-0.2, 0) is 16.6 Å². The Kier molecular flexibility index (Phi) is 4.46. The summed E-state index contributed by atoms with van der Waals surface area (Å²) in [5, 5.41) is 0. The molecular weight excluding hydrogens is 331 g/mol. The molecule has 2 aromatic heterocycles. The summed E-state index contributed by atoms with van der Waals surface area (Å²) in [6.07, 6.45) is 3.13. The zero-order chi connectivity index (χ0) is 17.2. The predicted octanol–water partition coefficient (Wildman–Crippen LogP) is 3.27. The first-order chi connectivity index (χ1) is 11.5. The number of halogens is 1. The molecule has 0 saturated carbocycles. The zero-order valence-corrected chi connectivity index (χ0v) is 13.7. The van der Waals surface area contributed by atoms with Crippen molar-refractivity contribution in [3.63, 3.8) is 0 Å². The molecule has 0 saturated heterocycles. The zero-order valence-electron chi connectivity index (χ0n) is 12.9. The Morgan fingerprint density at radius 2 is 2.04 bits per heavy atom. The van der Waals surface area contributed by atoms with Gasteiger partial charge in [-0.2, -0.15) is 0 Å². The van der Waals surface area contributed by atoms with Crippen LogP contribution in [0.25, 0.3) is 11.5 Å². The molecule has 124 valence electrons. The van der Waals surface area contributed by atoms with Gasteiger partial charge in [-0.3, -0.25) is 4.98 Å². The molecule has 0 spiro atoms. The van der Waals surface area contributed by atoms with Gasteiger partial charge in [0.25, 0.3) is 0 Å². The van der Waals surface area contributed by atoms with E-state index in [-0.39, 0.29) is 17.0 Å². The van der Waals surface area contributed by atoms with Gasteiger partial charge in [0.05, 0.1) is 11.2 Å². The molecule has 1 aromatic carbocycles. The first kappa shape index (κ1) is 16.4.